The van der Waals surface area contributed by atoms with Gasteiger partial charge in [0.1, 0.15) is 11.6 Å². The quantitative estimate of drug-likeness (QED) is 0.785. The van der Waals surface area contributed by atoms with Crippen molar-refractivity contribution in [2.45, 2.75) is 51.7 Å². The molecule has 0 aromatic rings. The van der Waals surface area contributed by atoms with Crippen LogP contribution in [-0.4, -0.2) is 54.7 Å². The van der Waals surface area contributed by atoms with Gasteiger partial charge in [-0.25, -0.2) is 9.59 Å². The first-order valence-corrected chi connectivity index (χ1v) is 7.08. The van der Waals surface area contributed by atoms with E-state index in [9.17, 15) is 14.4 Å². The molecule has 0 saturated carbocycles. The number of nitrogens with zero attached hydrogens (tertiary/aromatic N) is 1. The molecule has 0 aromatic carbocycles. The van der Waals surface area contributed by atoms with E-state index in [0.717, 1.165) is 12.8 Å². The zero-order valence-corrected chi connectivity index (χ0v) is 13.1. The van der Waals surface area contributed by atoms with Gasteiger partial charge in [-0.2, -0.15) is 0 Å². The van der Waals surface area contributed by atoms with Gasteiger partial charge < -0.3 is 19.7 Å². The Morgan fingerprint density at radius 1 is 1.33 bits per heavy atom. The molecule has 21 heavy (non-hydrogen) atoms. The highest BCUT2D eigenvalue weighted by molar-refractivity contribution is 5.83. The van der Waals surface area contributed by atoms with Gasteiger partial charge >= 0.3 is 12.1 Å². The summed E-state index contributed by atoms with van der Waals surface area (Å²) in [4.78, 5) is 36.9. The smallest absolute Gasteiger partial charge is 0.408 e. The minimum absolute atomic E-state index is 0.0128. The number of piperidine rings is 1. The molecule has 7 nitrogen and oxygen atoms in total. The number of likely N-dealkylation sites (tertiary alicyclic amines) is 1. The first kappa shape index (κ1) is 17.3. The highest BCUT2D eigenvalue weighted by Gasteiger charge is 2.29. The molecular formula is C14H24N2O5. The lowest BCUT2D eigenvalue weighted by Gasteiger charge is -2.30. The van der Waals surface area contributed by atoms with E-state index in [1.54, 1.807) is 25.7 Å². The number of esters is 1. The van der Waals surface area contributed by atoms with E-state index in [1.165, 1.54) is 7.11 Å². The molecule has 1 atom stereocenters. The molecule has 0 unspecified atom stereocenters. The van der Waals surface area contributed by atoms with Gasteiger partial charge in [0.05, 0.1) is 13.7 Å². The van der Waals surface area contributed by atoms with E-state index in [2.05, 4.69) is 10.1 Å². The molecule has 0 aromatic heterocycles. The number of amides is 2. The fourth-order valence-electron chi connectivity index (χ4n) is 2.05. The molecule has 2 amide bonds. The van der Waals surface area contributed by atoms with E-state index in [4.69, 9.17) is 4.74 Å². The molecule has 1 N–H and O–H groups in total. The Morgan fingerprint density at radius 2 is 2.00 bits per heavy atom. The third-order valence-electron chi connectivity index (χ3n) is 3.00. The number of hydrogen-bond acceptors (Lipinski definition) is 5. The van der Waals surface area contributed by atoms with E-state index < -0.39 is 23.7 Å². The number of carbonyl (C=O) groups is 3. The van der Waals surface area contributed by atoms with Crippen molar-refractivity contribution in [1.29, 1.82) is 0 Å². The second kappa shape index (κ2) is 7.28. The fraction of sp³-hybridized carbons (Fsp3) is 0.786. The number of methoxy groups -OCH3 is 1. The minimum Gasteiger partial charge on any atom is -0.467 e. The Balaban J connectivity index is 2.65. The summed E-state index contributed by atoms with van der Waals surface area (Å²) in [6.45, 7) is 5.88. The zero-order valence-electron chi connectivity index (χ0n) is 13.1. The van der Waals surface area contributed by atoms with Crippen molar-refractivity contribution >= 4 is 18.0 Å². The maximum atomic E-state index is 11.8. The zero-order chi connectivity index (χ0) is 16.0. The lowest BCUT2D eigenvalue weighted by atomic mass is 10.1. The lowest BCUT2D eigenvalue weighted by molar-refractivity contribution is -0.145. The molecule has 1 rings (SSSR count). The number of rotatable bonds is 4. The van der Waals surface area contributed by atoms with Crippen LogP contribution in [-0.2, 0) is 19.1 Å². The van der Waals surface area contributed by atoms with Gasteiger partial charge in [-0.3, -0.25) is 4.79 Å². The first-order chi connectivity index (χ1) is 9.73. The van der Waals surface area contributed by atoms with Gasteiger partial charge in [-0.05, 0) is 33.6 Å². The van der Waals surface area contributed by atoms with Crippen molar-refractivity contribution in [1.82, 2.24) is 10.2 Å². The summed E-state index contributed by atoms with van der Waals surface area (Å²) in [5.74, 6) is -0.611. The van der Waals surface area contributed by atoms with Crippen molar-refractivity contribution in [3.63, 3.8) is 0 Å². The van der Waals surface area contributed by atoms with Crippen LogP contribution in [0.5, 0.6) is 0 Å². The molecule has 1 fully saturated rings. The predicted octanol–water partition coefficient (Wildman–Crippen LogP) is 1.07. The van der Waals surface area contributed by atoms with Crippen molar-refractivity contribution in [2.24, 2.45) is 0 Å². The summed E-state index contributed by atoms with van der Waals surface area (Å²) in [5, 5.41) is 2.46. The highest BCUT2D eigenvalue weighted by Crippen LogP contribution is 2.12. The number of alkyl carbamates (subject to hydrolysis) is 1. The summed E-state index contributed by atoms with van der Waals surface area (Å²) in [7, 11) is 1.24. The monoisotopic (exact) mass is 300 g/mol. The van der Waals surface area contributed by atoms with Crippen LogP contribution in [0, 0.1) is 0 Å². The van der Waals surface area contributed by atoms with Crippen LogP contribution in [0.15, 0.2) is 0 Å². The Morgan fingerprint density at radius 3 is 2.52 bits per heavy atom. The van der Waals surface area contributed by atoms with Crippen molar-refractivity contribution in [3.05, 3.63) is 0 Å². The van der Waals surface area contributed by atoms with Gasteiger partial charge in [0.2, 0.25) is 5.91 Å². The number of carbonyl (C=O) groups excluding carboxylic acids is 3. The third kappa shape index (κ3) is 6.01. The van der Waals surface area contributed by atoms with Crippen LogP contribution in [0.2, 0.25) is 0 Å². The van der Waals surface area contributed by atoms with E-state index in [1.807, 2.05) is 0 Å². The summed E-state index contributed by atoms with van der Waals surface area (Å²) in [6, 6.07) is -0.924. The third-order valence-corrected chi connectivity index (χ3v) is 3.00. The summed E-state index contributed by atoms with van der Waals surface area (Å²) in [5.41, 5.74) is -0.661. The Kier molecular flexibility index (Phi) is 5.99. The first-order valence-electron chi connectivity index (χ1n) is 7.08. The summed E-state index contributed by atoms with van der Waals surface area (Å²) in [6.07, 6.45) is 1.52. The maximum absolute atomic E-state index is 11.8. The molecule has 0 aliphatic carbocycles. The predicted molar refractivity (Wildman–Crippen MR) is 75.6 cm³/mol. The molecule has 0 radical (unpaired) electrons. The minimum atomic E-state index is -0.924. The van der Waals surface area contributed by atoms with Gasteiger partial charge in [-0.1, -0.05) is 0 Å². The van der Waals surface area contributed by atoms with Crippen LogP contribution >= 0.6 is 0 Å². The van der Waals surface area contributed by atoms with Crippen molar-refractivity contribution < 1.29 is 23.9 Å². The molecule has 1 saturated heterocycles. The average Bonchev–Trinajstić information content (AvgIpc) is 2.37. The molecule has 1 aliphatic rings. The summed E-state index contributed by atoms with van der Waals surface area (Å²) >= 11 is 0. The molecular weight excluding hydrogens is 276 g/mol. The van der Waals surface area contributed by atoms with Crippen LogP contribution < -0.4 is 5.32 Å². The van der Waals surface area contributed by atoms with Gasteiger partial charge in [0.25, 0.3) is 0 Å². The van der Waals surface area contributed by atoms with Crippen LogP contribution in [0.1, 0.15) is 40.0 Å². The molecule has 7 heteroatoms. The normalized spacial score (nSPS) is 17.1. The number of nitrogens with one attached hydrogen (secondary N) is 1. The molecule has 120 valence electrons. The lowest BCUT2D eigenvalue weighted by Crippen LogP contribution is -2.52. The van der Waals surface area contributed by atoms with E-state index in [-0.39, 0.29) is 12.5 Å². The van der Waals surface area contributed by atoms with Crippen LogP contribution in [0.3, 0.4) is 0 Å². The molecule has 0 bridgehead atoms. The van der Waals surface area contributed by atoms with E-state index >= 15 is 0 Å². The van der Waals surface area contributed by atoms with Crippen molar-refractivity contribution in [3.8, 4) is 0 Å². The van der Waals surface area contributed by atoms with Crippen LogP contribution in [0.25, 0.3) is 0 Å². The van der Waals surface area contributed by atoms with Crippen LogP contribution in [0.4, 0.5) is 4.79 Å². The van der Waals surface area contributed by atoms with E-state index in [0.29, 0.717) is 13.0 Å². The number of ether oxygens (including phenoxy) is 2. The standard InChI is InChI=1S/C14H24N2O5/c1-14(2,3)21-13(19)15-10(12(18)20-4)9-16-8-6-5-7-11(16)17/h10H,5-9H2,1-4H3,(H,15,19)/t10-/m0/s1. The number of hydrogen-bond donors (Lipinski definition) is 1. The fourth-order valence-corrected chi connectivity index (χ4v) is 2.05. The van der Waals surface area contributed by atoms with Gasteiger partial charge in [0.15, 0.2) is 0 Å². The SMILES string of the molecule is COC(=O)[C@H](CN1CCCCC1=O)NC(=O)OC(C)(C)C. The Labute approximate surface area is 124 Å². The second-order valence-electron chi connectivity index (χ2n) is 6.02. The molecule has 0 spiro atoms. The van der Waals surface area contributed by atoms with Gasteiger partial charge in [0, 0.05) is 13.0 Å². The largest absolute Gasteiger partial charge is 0.467 e. The maximum Gasteiger partial charge on any atom is 0.408 e. The molecule has 1 heterocycles. The molecule has 1 aliphatic heterocycles. The summed E-state index contributed by atoms with van der Waals surface area (Å²) < 4.78 is 9.79. The highest BCUT2D eigenvalue weighted by atomic mass is 16.6. The average molecular weight is 300 g/mol. The Bertz CT molecular complexity index is 403. The van der Waals surface area contributed by atoms with Gasteiger partial charge in [-0.15, -0.1) is 0 Å². The second-order valence-corrected chi connectivity index (χ2v) is 6.02. The van der Waals surface area contributed by atoms with Crippen molar-refractivity contribution in [2.75, 3.05) is 20.2 Å². The topological polar surface area (TPSA) is 84.9 Å². The Hall–Kier alpha value is -1.79.